The Balaban J connectivity index is 1.56. The summed E-state index contributed by atoms with van der Waals surface area (Å²) in [4.78, 5) is 6.71. The molecule has 1 aliphatic rings. The summed E-state index contributed by atoms with van der Waals surface area (Å²) in [6.07, 6.45) is 4.97. The zero-order chi connectivity index (χ0) is 13.8. The molecule has 3 nitrogen and oxygen atoms in total. The molecule has 0 saturated carbocycles. The van der Waals surface area contributed by atoms with Crippen molar-refractivity contribution in [1.29, 1.82) is 0 Å². The topological polar surface area (TPSA) is 28.2 Å². The third-order valence-electron chi connectivity index (χ3n) is 3.92. The Morgan fingerprint density at radius 1 is 1.25 bits per heavy atom. The summed E-state index contributed by atoms with van der Waals surface area (Å²) in [6.45, 7) is 5.43. The molecule has 3 rings (SSSR count). The summed E-state index contributed by atoms with van der Waals surface area (Å²) in [5.74, 6) is 0. The van der Waals surface area contributed by atoms with Gasteiger partial charge in [-0.05, 0) is 30.5 Å². The maximum atomic E-state index is 4.20. The predicted octanol–water partition coefficient (Wildman–Crippen LogP) is 3.08. The van der Waals surface area contributed by atoms with E-state index in [0.29, 0.717) is 6.04 Å². The zero-order valence-corrected chi connectivity index (χ0v) is 11.9. The minimum Gasteiger partial charge on any atom is -0.380 e. The quantitative estimate of drug-likeness (QED) is 0.922. The number of aryl methyl sites for hydroxylation is 1. The highest BCUT2D eigenvalue weighted by Crippen LogP contribution is 2.19. The van der Waals surface area contributed by atoms with Crippen LogP contribution in [0, 0.1) is 6.92 Å². The second-order valence-electron chi connectivity index (χ2n) is 5.54. The molecule has 1 atom stereocenters. The Kier molecular flexibility index (Phi) is 3.97. The number of benzene rings is 1. The summed E-state index contributed by atoms with van der Waals surface area (Å²) >= 11 is 0. The monoisotopic (exact) mass is 267 g/mol. The van der Waals surface area contributed by atoms with Gasteiger partial charge in [-0.15, -0.1) is 0 Å². The number of likely N-dealkylation sites (tertiary alicyclic amines) is 1. The number of hydrogen-bond acceptors (Lipinski definition) is 3. The SMILES string of the molecule is Cc1ccncc1NC1CCN(Cc2ccccc2)C1. The van der Waals surface area contributed by atoms with Gasteiger partial charge in [0.1, 0.15) is 0 Å². The van der Waals surface area contributed by atoms with Crippen molar-refractivity contribution in [3.05, 3.63) is 59.9 Å². The van der Waals surface area contributed by atoms with E-state index in [1.807, 2.05) is 12.4 Å². The summed E-state index contributed by atoms with van der Waals surface area (Å²) in [5, 5.41) is 3.62. The average Bonchev–Trinajstić information content (AvgIpc) is 2.90. The van der Waals surface area contributed by atoms with Crippen LogP contribution in [0.5, 0.6) is 0 Å². The van der Waals surface area contributed by atoms with Crippen molar-refractivity contribution in [2.75, 3.05) is 18.4 Å². The fraction of sp³-hybridized carbons (Fsp3) is 0.353. The van der Waals surface area contributed by atoms with Gasteiger partial charge in [-0.3, -0.25) is 9.88 Å². The average molecular weight is 267 g/mol. The smallest absolute Gasteiger partial charge is 0.0559 e. The Morgan fingerprint density at radius 2 is 2.10 bits per heavy atom. The third-order valence-corrected chi connectivity index (χ3v) is 3.92. The molecule has 2 aromatic rings. The Bertz CT molecular complexity index is 553. The number of aromatic nitrogens is 1. The minimum atomic E-state index is 0.529. The van der Waals surface area contributed by atoms with E-state index >= 15 is 0 Å². The van der Waals surface area contributed by atoms with Crippen LogP contribution in [0.4, 0.5) is 5.69 Å². The van der Waals surface area contributed by atoms with Gasteiger partial charge in [-0.2, -0.15) is 0 Å². The van der Waals surface area contributed by atoms with Gasteiger partial charge in [0.25, 0.3) is 0 Å². The van der Waals surface area contributed by atoms with Crippen molar-refractivity contribution in [2.24, 2.45) is 0 Å². The first kappa shape index (κ1) is 13.1. The molecule has 1 aliphatic heterocycles. The molecule has 2 heterocycles. The maximum absolute atomic E-state index is 4.20. The van der Waals surface area contributed by atoms with Gasteiger partial charge >= 0.3 is 0 Å². The molecule has 1 aromatic heterocycles. The van der Waals surface area contributed by atoms with E-state index in [-0.39, 0.29) is 0 Å². The van der Waals surface area contributed by atoms with E-state index < -0.39 is 0 Å². The summed E-state index contributed by atoms with van der Waals surface area (Å²) in [5.41, 5.74) is 3.83. The van der Waals surface area contributed by atoms with E-state index in [2.05, 4.69) is 58.5 Å². The molecule has 1 fully saturated rings. The highest BCUT2D eigenvalue weighted by Gasteiger charge is 2.22. The van der Waals surface area contributed by atoms with Gasteiger partial charge in [0.15, 0.2) is 0 Å². The van der Waals surface area contributed by atoms with Crippen LogP contribution in [0.3, 0.4) is 0 Å². The van der Waals surface area contributed by atoms with E-state index in [1.165, 1.54) is 23.2 Å². The van der Waals surface area contributed by atoms with Gasteiger partial charge in [-0.1, -0.05) is 30.3 Å². The standard InChI is InChI=1S/C17H21N3/c1-14-7-9-18-11-17(14)19-16-8-10-20(13-16)12-15-5-3-2-4-6-15/h2-7,9,11,16,19H,8,10,12-13H2,1H3. The van der Waals surface area contributed by atoms with Crippen LogP contribution in [0.25, 0.3) is 0 Å². The molecule has 0 radical (unpaired) electrons. The predicted molar refractivity (Wildman–Crippen MR) is 82.7 cm³/mol. The van der Waals surface area contributed by atoms with Gasteiger partial charge in [0, 0.05) is 31.9 Å². The molecule has 3 heteroatoms. The normalized spacial score (nSPS) is 19.1. The lowest BCUT2D eigenvalue weighted by atomic mass is 10.2. The number of rotatable bonds is 4. The molecule has 1 unspecified atom stereocenters. The Labute approximate surface area is 120 Å². The van der Waals surface area contributed by atoms with E-state index in [1.54, 1.807) is 0 Å². The summed E-state index contributed by atoms with van der Waals surface area (Å²) in [6, 6.07) is 13.3. The Hall–Kier alpha value is -1.87. The third kappa shape index (κ3) is 3.17. The fourth-order valence-electron chi connectivity index (χ4n) is 2.77. The first-order valence-electron chi connectivity index (χ1n) is 7.25. The van der Waals surface area contributed by atoms with Crippen molar-refractivity contribution in [3.63, 3.8) is 0 Å². The Morgan fingerprint density at radius 3 is 2.90 bits per heavy atom. The van der Waals surface area contributed by atoms with Gasteiger partial charge in [0.05, 0.1) is 11.9 Å². The second kappa shape index (κ2) is 6.06. The van der Waals surface area contributed by atoms with E-state index in [0.717, 1.165) is 19.6 Å². The molecule has 0 aliphatic carbocycles. The van der Waals surface area contributed by atoms with Crippen molar-refractivity contribution in [2.45, 2.75) is 25.9 Å². The van der Waals surface area contributed by atoms with Gasteiger partial charge in [0.2, 0.25) is 0 Å². The minimum absolute atomic E-state index is 0.529. The fourth-order valence-corrected chi connectivity index (χ4v) is 2.77. The lowest BCUT2D eigenvalue weighted by Gasteiger charge is -2.18. The van der Waals surface area contributed by atoms with E-state index in [4.69, 9.17) is 0 Å². The van der Waals surface area contributed by atoms with Crippen molar-refractivity contribution in [3.8, 4) is 0 Å². The van der Waals surface area contributed by atoms with Crippen LogP contribution >= 0.6 is 0 Å². The molecule has 0 bridgehead atoms. The highest BCUT2D eigenvalue weighted by atomic mass is 15.2. The maximum Gasteiger partial charge on any atom is 0.0559 e. The number of hydrogen-bond donors (Lipinski definition) is 1. The van der Waals surface area contributed by atoms with Crippen LogP contribution < -0.4 is 5.32 Å². The first-order chi connectivity index (χ1) is 9.81. The largest absolute Gasteiger partial charge is 0.380 e. The second-order valence-corrected chi connectivity index (χ2v) is 5.54. The van der Waals surface area contributed by atoms with Crippen LogP contribution in [0.15, 0.2) is 48.8 Å². The number of pyridine rings is 1. The van der Waals surface area contributed by atoms with Crippen molar-refractivity contribution in [1.82, 2.24) is 9.88 Å². The lowest BCUT2D eigenvalue weighted by Crippen LogP contribution is -2.26. The molecule has 104 valence electrons. The molecular weight excluding hydrogens is 246 g/mol. The zero-order valence-electron chi connectivity index (χ0n) is 11.9. The van der Waals surface area contributed by atoms with Crippen LogP contribution in [-0.2, 0) is 6.54 Å². The van der Waals surface area contributed by atoms with Crippen LogP contribution in [0.2, 0.25) is 0 Å². The van der Waals surface area contributed by atoms with Crippen molar-refractivity contribution < 1.29 is 0 Å². The molecule has 0 amide bonds. The molecule has 1 aromatic carbocycles. The highest BCUT2D eigenvalue weighted by molar-refractivity contribution is 5.48. The number of anilines is 1. The molecule has 0 spiro atoms. The number of nitrogens with one attached hydrogen (secondary N) is 1. The number of nitrogens with zero attached hydrogens (tertiary/aromatic N) is 2. The first-order valence-corrected chi connectivity index (χ1v) is 7.25. The molecule has 1 saturated heterocycles. The molecule has 20 heavy (non-hydrogen) atoms. The molecule has 1 N–H and O–H groups in total. The van der Waals surface area contributed by atoms with Crippen LogP contribution in [-0.4, -0.2) is 29.0 Å². The lowest BCUT2D eigenvalue weighted by molar-refractivity contribution is 0.328. The van der Waals surface area contributed by atoms with E-state index in [9.17, 15) is 0 Å². The summed E-state index contributed by atoms with van der Waals surface area (Å²) in [7, 11) is 0. The van der Waals surface area contributed by atoms with Gasteiger partial charge < -0.3 is 5.32 Å². The van der Waals surface area contributed by atoms with Crippen LogP contribution in [0.1, 0.15) is 17.5 Å². The van der Waals surface area contributed by atoms with Gasteiger partial charge in [-0.25, -0.2) is 0 Å². The summed E-state index contributed by atoms with van der Waals surface area (Å²) < 4.78 is 0. The van der Waals surface area contributed by atoms with Crippen molar-refractivity contribution >= 4 is 5.69 Å². The molecular formula is C17H21N3.